The van der Waals surface area contributed by atoms with E-state index in [1.165, 1.54) is 42.5 Å². The maximum Gasteiger partial charge on any atom is 0.329 e. The molecule has 0 bridgehead atoms. The molecule has 3 aromatic carbocycles. The van der Waals surface area contributed by atoms with E-state index in [0.29, 0.717) is 64.4 Å². The Morgan fingerprint density at radius 3 is 2.14 bits per heavy atom. The fourth-order valence-corrected chi connectivity index (χ4v) is 6.90. The normalized spacial score (nSPS) is 11.8. The molecule has 0 aliphatic carbocycles. The van der Waals surface area contributed by atoms with Gasteiger partial charge < -0.3 is 25.0 Å². The molecule has 0 unspecified atom stereocenters. The average Bonchev–Trinajstić information content (AvgIpc) is 3.23. The summed E-state index contributed by atoms with van der Waals surface area (Å²) in [7, 11) is 0.400. The number of methoxy groups -OCH3 is 1. The second-order valence-corrected chi connectivity index (χ2v) is 14.8. The van der Waals surface area contributed by atoms with Gasteiger partial charge in [-0.25, -0.2) is 32.0 Å². The molecular weight excluding hydrogens is 773 g/mol. The number of aromatic nitrogens is 3. The van der Waals surface area contributed by atoms with Gasteiger partial charge in [-0.05, 0) is 60.4 Å². The van der Waals surface area contributed by atoms with Gasteiger partial charge in [0.15, 0.2) is 5.82 Å². The summed E-state index contributed by atoms with van der Waals surface area (Å²) in [4.78, 5) is 53.7. The summed E-state index contributed by atoms with van der Waals surface area (Å²) in [5.41, 5.74) is 1.79. The van der Waals surface area contributed by atoms with E-state index < -0.39 is 56.9 Å². The highest BCUT2D eigenvalue weighted by atomic mass is 32.2. The lowest BCUT2D eigenvalue weighted by Gasteiger charge is -2.22. The number of nitrogens with one attached hydrogen (secondary N) is 3. The summed E-state index contributed by atoms with van der Waals surface area (Å²) in [5, 5.41) is 5.40. The van der Waals surface area contributed by atoms with Crippen molar-refractivity contribution in [2.24, 2.45) is 0 Å². The van der Waals surface area contributed by atoms with Crippen LogP contribution in [0.25, 0.3) is 11.1 Å². The summed E-state index contributed by atoms with van der Waals surface area (Å²) in [6.07, 6.45) is 6.63. The van der Waals surface area contributed by atoms with E-state index in [2.05, 4.69) is 25.6 Å². The van der Waals surface area contributed by atoms with Crippen LogP contribution in [0.5, 0.6) is 0 Å². The zero-order valence-corrected chi connectivity index (χ0v) is 33.3. The first kappa shape index (κ1) is 42.8. The molecule has 2 aromatic heterocycles. The molecule has 0 radical (unpaired) electrons. The molecule has 0 saturated heterocycles. The maximum atomic E-state index is 15.5. The Morgan fingerprint density at radius 2 is 1.52 bits per heavy atom. The lowest BCUT2D eigenvalue weighted by Crippen LogP contribution is -2.44. The number of carbonyl (C=O) groups excluding carboxylic acids is 3. The second kappa shape index (κ2) is 19.2. The number of pyridine rings is 1. The molecule has 0 aliphatic rings. The number of anilines is 3. The van der Waals surface area contributed by atoms with Gasteiger partial charge in [0.05, 0.1) is 33.6 Å². The fraction of sp³-hybridized carbons (Fsp3) is 0.268. The van der Waals surface area contributed by atoms with E-state index in [1.54, 1.807) is 63.0 Å². The number of rotatable bonds is 17. The van der Waals surface area contributed by atoms with Gasteiger partial charge in [-0.15, -0.1) is 0 Å². The summed E-state index contributed by atoms with van der Waals surface area (Å²) in [6.45, 7) is 3.89. The van der Waals surface area contributed by atoms with Crippen LogP contribution in [0, 0.1) is 11.6 Å². The van der Waals surface area contributed by atoms with Crippen LogP contribution < -0.4 is 20.3 Å². The quantitative estimate of drug-likeness (QED) is 0.0916. The number of nitrogens with zero attached hydrogens (tertiary/aromatic N) is 4. The lowest BCUT2D eigenvalue weighted by atomic mass is 10.0. The summed E-state index contributed by atoms with van der Waals surface area (Å²) in [6, 6.07) is 13.6. The maximum absolute atomic E-state index is 15.5. The third-order valence-corrected chi connectivity index (χ3v) is 10.6. The lowest BCUT2D eigenvalue weighted by molar-refractivity contribution is -0.151. The van der Waals surface area contributed by atoms with Crippen molar-refractivity contribution in [2.45, 2.75) is 56.8 Å². The van der Waals surface area contributed by atoms with E-state index in [4.69, 9.17) is 9.47 Å². The highest BCUT2D eigenvalue weighted by Gasteiger charge is 2.28. The number of benzene rings is 3. The van der Waals surface area contributed by atoms with Crippen LogP contribution in [0.1, 0.15) is 58.8 Å². The van der Waals surface area contributed by atoms with E-state index in [0.717, 1.165) is 0 Å². The van der Waals surface area contributed by atoms with Crippen molar-refractivity contribution in [1.82, 2.24) is 20.3 Å². The molecule has 0 saturated carbocycles. The Bertz CT molecular complexity index is 2350. The van der Waals surface area contributed by atoms with Crippen molar-refractivity contribution in [3.8, 4) is 11.1 Å². The van der Waals surface area contributed by atoms with Gasteiger partial charge in [-0.2, -0.15) is 0 Å². The molecule has 2 amide bonds. The predicted molar refractivity (Wildman–Crippen MR) is 214 cm³/mol. The number of carbonyl (C=O) groups is 3. The van der Waals surface area contributed by atoms with Crippen molar-refractivity contribution < 1.29 is 41.1 Å². The first-order valence-corrected chi connectivity index (χ1v) is 19.7. The van der Waals surface area contributed by atoms with Crippen LogP contribution in [0.2, 0.25) is 0 Å². The molecular formula is C41H43F2N7O7S. The van der Waals surface area contributed by atoms with Crippen LogP contribution in [0.4, 0.5) is 25.8 Å². The SMILES string of the molecule is CCC(CC)OC(=O)[C@H](Cc1ccc(N(C)C(=O)c2ccncc2NC)cc1)NC(=O)c1cc(F)c(NS(=O)(=O)c2ccc(-c3cnc(COC)nc3)cc2)cc1F. The first-order valence-electron chi connectivity index (χ1n) is 18.2. The van der Waals surface area contributed by atoms with Crippen LogP contribution in [-0.4, -0.2) is 74.5 Å². The zero-order chi connectivity index (χ0) is 42.0. The number of sulfonamides is 1. The number of ether oxygens (including phenoxy) is 2. The third kappa shape index (κ3) is 10.3. The molecule has 5 aromatic rings. The van der Waals surface area contributed by atoms with Crippen LogP contribution in [-0.2, 0) is 37.3 Å². The van der Waals surface area contributed by atoms with Crippen molar-refractivity contribution in [1.29, 1.82) is 0 Å². The van der Waals surface area contributed by atoms with Crippen LogP contribution in [0.3, 0.4) is 0 Å². The Labute approximate surface area is 335 Å². The highest BCUT2D eigenvalue weighted by molar-refractivity contribution is 7.92. The number of hydrogen-bond donors (Lipinski definition) is 3. The molecule has 3 N–H and O–H groups in total. The molecule has 0 fully saturated rings. The third-order valence-electron chi connectivity index (χ3n) is 9.19. The largest absolute Gasteiger partial charge is 0.461 e. The van der Waals surface area contributed by atoms with Gasteiger partial charge in [0, 0.05) is 63.5 Å². The van der Waals surface area contributed by atoms with Crippen molar-refractivity contribution >= 4 is 44.9 Å². The minimum atomic E-state index is -4.40. The van der Waals surface area contributed by atoms with E-state index in [1.807, 2.05) is 18.6 Å². The standard InChI is InChI=1S/C41H43F2N7O7S/c1-6-29(7-2)57-41(53)36(18-25-8-12-28(13-9-25)50(4)40(52)31-16-17-45-23-37(31)44-3)48-39(51)32-19-34(43)35(20-33(32)42)49-58(54,55)30-14-10-26(11-15-30)27-21-46-38(24-56-5)47-22-27/h8-17,19-23,29,36,44,49H,6-7,18,24H2,1-5H3,(H,48,51)/t36-/m0/s1. The van der Waals surface area contributed by atoms with E-state index in [9.17, 15) is 22.8 Å². The number of amides is 2. The van der Waals surface area contributed by atoms with Gasteiger partial charge in [0.2, 0.25) is 0 Å². The smallest absolute Gasteiger partial charge is 0.329 e. The molecule has 0 aliphatic heterocycles. The molecule has 304 valence electrons. The van der Waals surface area contributed by atoms with Crippen LogP contribution in [0.15, 0.2) is 96.4 Å². The Balaban J connectivity index is 1.31. The fourth-order valence-electron chi connectivity index (χ4n) is 5.84. The molecule has 58 heavy (non-hydrogen) atoms. The summed E-state index contributed by atoms with van der Waals surface area (Å²) >= 11 is 0. The molecule has 0 spiro atoms. The molecule has 14 nitrogen and oxygen atoms in total. The number of halogens is 2. The minimum absolute atomic E-state index is 0.0934. The Hall–Kier alpha value is -6.33. The predicted octanol–water partition coefficient (Wildman–Crippen LogP) is 6.16. The Morgan fingerprint density at radius 1 is 0.845 bits per heavy atom. The van der Waals surface area contributed by atoms with Crippen molar-refractivity contribution in [3.63, 3.8) is 0 Å². The molecule has 2 heterocycles. The topological polar surface area (TPSA) is 182 Å². The molecule has 5 rings (SSSR count). The summed E-state index contributed by atoms with van der Waals surface area (Å²) < 4.78 is 69.9. The first-order chi connectivity index (χ1) is 27.8. The van der Waals surface area contributed by atoms with Gasteiger partial charge >= 0.3 is 5.97 Å². The average molecular weight is 816 g/mol. The van der Waals surface area contributed by atoms with Gasteiger partial charge in [0.1, 0.15) is 30.4 Å². The van der Waals surface area contributed by atoms with Crippen LogP contribution >= 0.6 is 0 Å². The monoisotopic (exact) mass is 815 g/mol. The zero-order valence-electron chi connectivity index (χ0n) is 32.5. The van der Waals surface area contributed by atoms with Crippen molar-refractivity contribution in [3.05, 3.63) is 126 Å². The number of hydrogen-bond acceptors (Lipinski definition) is 11. The van der Waals surface area contributed by atoms with Gasteiger partial charge in [-0.1, -0.05) is 38.1 Å². The molecule has 1 atom stereocenters. The Kier molecular flexibility index (Phi) is 14.2. The number of esters is 1. The van der Waals surface area contributed by atoms with E-state index in [-0.39, 0.29) is 23.8 Å². The van der Waals surface area contributed by atoms with Gasteiger partial charge in [0.25, 0.3) is 21.8 Å². The highest BCUT2D eigenvalue weighted by Crippen LogP contribution is 2.26. The van der Waals surface area contributed by atoms with Gasteiger partial charge in [-0.3, -0.25) is 19.3 Å². The van der Waals surface area contributed by atoms with Crippen molar-refractivity contribution in [2.75, 3.05) is 36.1 Å². The second-order valence-electron chi connectivity index (χ2n) is 13.1. The summed E-state index contributed by atoms with van der Waals surface area (Å²) in [5.74, 6) is -4.23. The minimum Gasteiger partial charge on any atom is -0.461 e. The molecule has 17 heteroatoms. The van der Waals surface area contributed by atoms with E-state index >= 15 is 8.78 Å².